The standard InChI is InChI=1S/C4H3S.3C4H9.C2H2.CN.Cu.Sn/c1-2-4-5-3-1;3*1-3-4-2;2*1-2;;/h1-3H;3*1,3-4H2,2H3;1-2H;;;. The maximum absolute atomic E-state index is 9.56. The van der Waals surface area contributed by atoms with E-state index in [1.165, 1.54) is 55.6 Å². The van der Waals surface area contributed by atoms with E-state index < -0.39 is 18.4 Å². The number of nitriles is 1. The molecule has 0 N–H and O–H groups in total. The Balaban J connectivity index is 2.94. The third kappa shape index (κ3) is 7.78. The summed E-state index contributed by atoms with van der Waals surface area (Å²) in [6.45, 7) is 6.93. The van der Waals surface area contributed by atoms with Crippen LogP contribution >= 0.6 is 11.3 Å². The van der Waals surface area contributed by atoms with Crippen molar-refractivity contribution < 1.29 is 13.9 Å². The molecule has 4 heteroatoms. The summed E-state index contributed by atoms with van der Waals surface area (Å²) in [5.74, 6) is 0. The summed E-state index contributed by atoms with van der Waals surface area (Å²) < 4.78 is 8.30. The first kappa shape index (κ1) is 21.3. The van der Waals surface area contributed by atoms with Crippen molar-refractivity contribution in [1.82, 2.24) is 0 Å². The Hall–Kier alpha value is 0.248. The zero-order valence-corrected chi connectivity index (χ0v) is 19.5. The first-order valence-corrected chi connectivity index (χ1v) is 19.0. The van der Waals surface area contributed by atoms with Gasteiger partial charge >= 0.3 is 157 Å². The predicted octanol–water partition coefficient (Wildman–Crippen LogP) is 6.37. The number of unbranched alkanes of at least 4 members (excludes halogenated alkanes) is 3. The molecule has 0 unspecified atom stereocenters. The quantitative estimate of drug-likeness (QED) is 0.313. The first-order valence-electron chi connectivity index (χ1n) is 8.90. The molecular weight excluding hydrogens is 457 g/mol. The van der Waals surface area contributed by atoms with E-state index >= 15 is 0 Å². The molecule has 1 aromatic heterocycles. The van der Waals surface area contributed by atoms with Crippen LogP contribution in [0.5, 0.6) is 0 Å². The molecule has 0 aliphatic rings. The van der Waals surface area contributed by atoms with Gasteiger partial charge in [0, 0.05) is 0 Å². The van der Waals surface area contributed by atoms with Crippen LogP contribution in [0.25, 0.3) is 0 Å². The van der Waals surface area contributed by atoms with Crippen molar-refractivity contribution in [3.05, 3.63) is 26.6 Å². The molecule has 1 nitrogen and oxygen atoms in total. The summed E-state index contributed by atoms with van der Waals surface area (Å²) in [5.41, 5.74) is 0. The van der Waals surface area contributed by atoms with Crippen LogP contribution in [0.2, 0.25) is 13.3 Å². The van der Waals surface area contributed by atoms with Crippen molar-refractivity contribution in [2.45, 2.75) is 72.6 Å². The van der Waals surface area contributed by atoms with Crippen molar-refractivity contribution >= 4 is 33.5 Å². The van der Waals surface area contributed by atoms with Gasteiger partial charge in [-0.1, -0.05) is 0 Å². The number of hydrogen-bond donors (Lipinski definition) is 0. The fourth-order valence-electron chi connectivity index (χ4n) is 2.81. The summed E-state index contributed by atoms with van der Waals surface area (Å²) in [6, 6.07) is 4.17. The summed E-state index contributed by atoms with van der Waals surface area (Å²) in [4.78, 5) is 4.82. The Bertz CT molecular complexity index is 456. The third-order valence-corrected chi connectivity index (χ3v) is 21.9. The predicted molar refractivity (Wildman–Crippen MR) is 104 cm³/mol. The Morgan fingerprint density at radius 2 is 1.65 bits per heavy atom. The van der Waals surface area contributed by atoms with Crippen LogP contribution in [-0.4, -0.2) is 18.4 Å². The molecule has 1 heterocycles. The summed E-state index contributed by atoms with van der Waals surface area (Å²) >= 11 is -0.768. The third-order valence-electron chi connectivity index (χ3n) is 4.29. The molecule has 0 spiro atoms. The van der Waals surface area contributed by atoms with Crippen LogP contribution in [0.1, 0.15) is 59.3 Å². The van der Waals surface area contributed by atoms with Crippen LogP contribution in [0.4, 0.5) is 0 Å². The summed E-state index contributed by atoms with van der Waals surface area (Å²) in [6.07, 6.45) is 8.06. The fourth-order valence-corrected chi connectivity index (χ4v) is 21.5. The zero-order chi connectivity index (χ0) is 17.0. The van der Waals surface area contributed by atoms with Crippen LogP contribution in [-0.2, 0) is 13.9 Å². The molecule has 0 saturated carbocycles. The average molecular weight is 489 g/mol. The van der Waals surface area contributed by atoms with Crippen LogP contribution in [0.15, 0.2) is 26.6 Å². The average Bonchev–Trinajstić information content (AvgIpc) is 3.10. The van der Waals surface area contributed by atoms with Crippen molar-refractivity contribution in [3.8, 4) is 4.97 Å². The molecule has 0 amide bonds. The van der Waals surface area contributed by atoms with E-state index in [0.717, 1.165) is 0 Å². The molecule has 0 atom stereocenters. The van der Waals surface area contributed by atoms with Gasteiger partial charge in [0.05, 0.1) is 0 Å². The molecule has 0 fully saturated rings. The second-order valence-electron chi connectivity index (χ2n) is 6.14. The van der Waals surface area contributed by atoms with Gasteiger partial charge in [0.2, 0.25) is 0 Å². The molecule has 1 rings (SSSR count). The van der Waals surface area contributed by atoms with Gasteiger partial charge in [0.1, 0.15) is 0 Å². The normalized spacial score (nSPS) is 12.5. The van der Waals surface area contributed by atoms with E-state index in [-0.39, 0.29) is 13.9 Å². The SMILES string of the molecule is CCC[CH2][Sn]([CH]=[CH][Cu]([C]#N)[c]1cccs1)([CH2]CCC)[CH2]CCC. The van der Waals surface area contributed by atoms with Crippen molar-refractivity contribution in [2.24, 2.45) is 0 Å². The van der Waals surface area contributed by atoms with Gasteiger partial charge in [-0.25, -0.2) is 0 Å². The number of rotatable bonds is 12. The van der Waals surface area contributed by atoms with Crippen LogP contribution in [0, 0.1) is 10.2 Å². The van der Waals surface area contributed by atoms with E-state index in [9.17, 15) is 5.26 Å². The van der Waals surface area contributed by atoms with Gasteiger partial charge in [-0.3, -0.25) is 0 Å². The van der Waals surface area contributed by atoms with E-state index in [2.05, 4.69) is 52.3 Å². The molecule has 134 valence electrons. The van der Waals surface area contributed by atoms with Crippen molar-refractivity contribution in [1.29, 1.82) is 5.26 Å². The topological polar surface area (TPSA) is 23.8 Å². The Morgan fingerprint density at radius 3 is 2.04 bits per heavy atom. The molecule has 0 aliphatic heterocycles. The second kappa shape index (κ2) is 12.6. The van der Waals surface area contributed by atoms with Gasteiger partial charge in [-0.2, -0.15) is 0 Å². The Labute approximate surface area is 155 Å². The van der Waals surface area contributed by atoms with Crippen molar-refractivity contribution in [3.63, 3.8) is 0 Å². The van der Waals surface area contributed by atoms with Gasteiger partial charge in [-0.05, 0) is 0 Å². The van der Waals surface area contributed by atoms with Gasteiger partial charge in [0.15, 0.2) is 0 Å². The van der Waals surface area contributed by atoms with Gasteiger partial charge < -0.3 is 0 Å². The minimum absolute atomic E-state index is 0.256. The Kier molecular flexibility index (Phi) is 11.7. The van der Waals surface area contributed by atoms with Gasteiger partial charge in [0.25, 0.3) is 0 Å². The zero-order valence-electron chi connectivity index (χ0n) is 14.9. The molecular formula is C19H32CuNSSn. The second-order valence-corrected chi connectivity index (χ2v) is 22.2. The van der Waals surface area contributed by atoms with E-state index in [1.54, 1.807) is 11.3 Å². The number of thiophene rings is 1. The molecule has 0 aromatic carbocycles. The number of hydrogen-bond acceptors (Lipinski definition) is 2. The minimum atomic E-state index is -2.23. The molecule has 0 bridgehead atoms. The van der Waals surface area contributed by atoms with Gasteiger partial charge in [-0.15, -0.1) is 0 Å². The Morgan fingerprint density at radius 1 is 1.09 bits per heavy atom. The van der Waals surface area contributed by atoms with Crippen LogP contribution < -0.4 is 3.78 Å². The molecule has 0 saturated heterocycles. The molecule has 0 radical (unpaired) electrons. The number of nitrogens with zero attached hydrogens (tertiary/aromatic N) is 1. The van der Waals surface area contributed by atoms with Crippen molar-refractivity contribution in [2.75, 3.05) is 0 Å². The first-order chi connectivity index (χ1) is 11.2. The molecule has 1 aromatic rings. The summed E-state index contributed by atoms with van der Waals surface area (Å²) in [7, 11) is 0. The van der Waals surface area contributed by atoms with E-state index in [0.29, 0.717) is 0 Å². The molecule has 23 heavy (non-hydrogen) atoms. The fraction of sp³-hybridized carbons (Fsp3) is 0.632. The maximum atomic E-state index is 9.56. The van der Waals surface area contributed by atoms with E-state index in [4.69, 9.17) is 0 Å². The van der Waals surface area contributed by atoms with E-state index in [1.807, 2.05) is 0 Å². The monoisotopic (exact) mass is 489 g/mol. The molecule has 0 aliphatic carbocycles. The van der Waals surface area contributed by atoms with Crippen LogP contribution in [0.3, 0.4) is 0 Å². The summed E-state index contributed by atoms with van der Waals surface area (Å²) in [5, 5.41) is 11.6.